The number of rotatable bonds is 7. The van der Waals surface area contributed by atoms with E-state index in [2.05, 4.69) is 5.32 Å². The van der Waals surface area contributed by atoms with Crippen molar-refractivity contribution < 1.29 is 8.78 Å². The molecule has 0 aromatic rings. The highest BCUT2D eigenvalue weighted by atomic mass is 35.5. The molecular weight excluding hydrogens is 196 g/mol. The van der Waals surface area contributed by atoms with Crippen molar-refractivity contribution in [3.63, 3.8) is 0 Å². The average molecular weight is 214 g/mol. The minimum Gasteiger partial charge on any atom is -0.311 e. The third-order valence-corrected chi connectivity index (χ3v) is 3.15. The number of hydrogen-bond donors (Lipinski definition) is 1. The summed E-state index contributed by atoms with van der Waals surface area (Å²) in [6, 6.07) is 0. The first kappa shape index (κ1) is 13.1. The van der Waals surface area contributed by atoms with Crippen LogP contribution in [0.25, 0.3) is 0 Å². The Bertz CT molecular complexity index is 119. The van der Waals surface area contributed by atoms with E-state index >= 15 is 0 Å². The highest BCUT2D eigenvalue weighted by Gasteiger charge is 2.24. The maximum Gasteiger partial charge on any atom is 0.250 e. The van der Waals surface area contributed by atoms with Gasteiger partial charge in [0.1, 0.15) is 0 Å². The van der Waals surface area contributed by atoms with Crippen LogP contribution in [-0.2, 0) is 0 Å². The predicted octanol–water partition coefficient (Wildman–Crippen LogP) is 2.89. The fourth-order valence-electron chi connectivity index (χ4n) is 1.18. The molecule has 0 amide bonds. The minimum atomic E-state index is -2.28. The molecule has 0 aliphatic carbocycles. The van der Waals surface area contributed by atoms with Gasteiger partial charge in [-0.1, -0.05) is 13.8 Å². The maximum atomic E-state index is 11.8. The first-order chi connectivity index (χ1) is 6.10. The summed E-state index contributed by atoms with van der Waals surface area (Å²) in [6.07, 6.45) is -0.436. The molecule has 0 aromatic heterocycles. The molecule has 0 saturated heterocycles. The Morgan fingerprint density at radius 3 is 2.15 bits per heavy atom. The lowest BCUT2D eigenvalue weighted by Crippen LogP contribution is -2.37. The Kier molecular flexibility index (Phi) is 6.60. The molecule has 0 bridgehead atoms. The Labute approximate surface area is 83.8 Å². The van der Waals surface area contributed by atoms with Gasteiger partial charge in [-0.05, 0) is 18.3 Å². The second kappa shape index (κ2) is 6.55. The van der Waals surface area contributed by atoms with E-state index in [0.717, 1.165) is 12.8 Å². The SMILES string of the molecule is CCC(CC)(CCl)CNCC(F)F. The van der Waals surface area contributed by atoms with E-state index < -0.39 is 6.43 Å². The quantitative estimate of drug-likeness (QED) is 0.642. The summed E-state index contributed by atoms with van der Waals surface area (Å²) in [5.74, 6) is 0.524. The molecule has 0 atom stereocenters. The summed E-state index contributed by atoms with van der Waals surface area (Å²) >= 11 is 5.81. The van der Waals surface area contributed by atoms with Gasteiger partial charge in [0.15, 0.2) is 0 Å². The van der Waals surface area contributed by atoms with Gasteiger partial charge in [0.2, 0.25) is 0 Å². The summed E-state index contributed by atoms with van der Waals surface area (Å²) in [5, 5.41) is 2.74. The smallest absolute Gasteiger partial charge is 0.250 e. The van der Waals surface area contributed by atoms with Gasteiger partial charge >= 0.3 is 0 Å². The molecule has 1 nitrogen and oxygen atoms in total. The van der Waals surface area contributed by atoms with Gasteiger partial charge in [0, 0.05) is 12.4 Å². The number of hydrogen-bond acceptors (Lipinski definition) is 1. The first-order valence-corrected chi connectivity index (χ1v) is 5.18. The summed E-state index contributed by atoms with van der Waals surface area (Å²) in [4.78, 5) is 0. The summed E-state index contributed by atoms with van der Waals surface area (Å²) in [6.45, 7) is 4.42. The van der Waals surface area contributed by atoms with Gasteiger partial charge in [-0.2, -0.15) is 0 Å². The maximum absolute atomic E-state index is 11.8. The molecule has 0 aromatic carbocycles. The molecule has 0 rings (SSSR count). The van der Waals surface area contributed by atoms with Gasteiger partial charge in [-0.15, -0.1) is 11.6 Å². The molecule has 0 unspecified atom stereocenters. The van der Waals surface area contributed by atoms with Gasteiger partial charge in [-0.3, -0.25) is 0 Å². The van der Waals surface area contributed by atoms with Crippen molar-refractivity contribution >= 4 is 11.6 Å². The molecular formula is C9H18ClF2N. The normalized spacial score (nSPS) is 12.5. The molecule has 4 heteroatoms. The van der Waals surface area contributed by atoms with E-state index in [9.17, 15) is 8.78 Å². The highest BCUT2D eigenvalue weighted by molar-refractivity contribution is 6.18. The molecule has 0 aliphatic heterocycles. The number of nitrogens with one attached hydrogen (secondary N) is 1. The molecule has 0 saturated carbocycles. The van der Waals surface area contributed by atoms with Crippen LogP contribution in [0.4, 0.5) is 8.78 Å². The zero-order chi connectivity index (χ0) is 10.3. The van der Waals surface area contributed by atoms with E-state index in [1.807, 2.05) is 13.8 Å². The molecule has 0 heterocycles. The number of halogens is 3. The number of alkyl halides is 3. The van der Waals surface area contributed by atoms with Crippen LogP contribution in [0.5, 0.6) is 0 Å². The lowest BCUT2D eigenvalue weighted by atomic mass is 9.84. The van der Waals surface area contributed by atoms with E-state index in [4.69, 9.17) is 11.6 Å². The van der Waals surface area contributed by atoms with E-state index in [1.54, 1.807) is 0 Å². The molecule has 0 aliphatic rings. The van der Waals surface area contributed by atoms with Crippen molar-refractivity contribution in [1.82, 2.24) is 5.32 Å². The van der Waals surface area contributed by atoms with Crippen molar-refractivity contribution in [2.75, 3.05) is 19.0 Å². The molecule has 1 N–H and O–H groups in total. The van der Waals surface area contributed by atoms with Crippen molar-refractivity contribution in [1.29, 1.82) is 0 Å². The van der Waals surface area contributed by atoms with Crippen LogP contribution in [0.2, 0.25) is 0 Å². The van der Waals surface area contributed by atoms with Crippen LogP contribution in [0, 0.1) is 5.41 Å². The van der Waals surface area contributed by atoms with Crippen LogP contribution < -0.4 is 5.32 Å². The van der Waals surface area contributed by atoms with Crippen molar-refractivity contribution in [2.45, 2.75) is 33.1 Å². The zero-order valence-corrected chi connectivity index (χ0v) is 9.00. The summed E-state index contributed by atoms with van der Waals surface area (Å²) in [5.41, 5.74) is -0.0174. The largest absolute Gasteiger partial charge is 0.311 e. The topological polar surface area (TPSA) is 12.0 Å². The first-order valence-electron chi connectivity index (χ1n) is 4.65. The van der Waals surface area contributed by atoms with Crippen molar-refractivity contribution in [2.24, 2.45) is 5.41 Å². The molecule has 80 valence electrons. The Morgan fingerprint density at radius 1 is 1.31 bits per heavy atom. The van der Waals surface area contributed by atoms with Gasteiger partial charge in [-0.25, -0.2) is 8.78 Å². The van der Waals surface area contributed by atoms with Gasteiger partial charge in [0.25, 0.3) is 6.43 Å². The zero-order valence-electron chi connectivity index (χ0n) is 8.25. The van der Waals surface area contributed by atoms with Crippen LogP contribution in [0.1, 0.15) is 26.7 Å². The summed E-state index contributed by atoms with van der Waals surface area (Å²) in [7, 11) is 0. The molecule has 0 fully saturated rings. The minimum absolute atomic E-state index is 0.0174. The van der Waals surface area contributed by atoms with Crippen molar-refractivity contribution in [3.8, 4) is 0 Å². The second-order valence-corrected chi connectivity index (χ2v) is 3.63. The standard InChI is InChI=1S/C9H18ClF2N/c1-3-9(4-2,6-10)7-13-5-8(11)12/h8,13H,3-7H2,1-2H3. The lowest BCUT2D eigenvalue weighted by Gasteiger charge is -2.29. The van der Waals surface area contributed by atoms with Crippen LogP contribution in [-0.4, -0.2) is 25.4 Å². The van der Waals surface area contributed by atoms with Crippen LogP contribution in [0.3, 0.4) is 0 Å². The summed E-state index contributed by atoms with van der Waals surface area (Å²) < 4.78 is 23.7. The Balaban J connectivity index is 3.81. The lowest BCUT2D eigenvalue weighted by molar-refractivity contribution is 0.138. The van der Waals surface area contributed by atoms with Gasteiger partial charge < -0.3 is 5.32 Å². The van der Waals surface area contributed by atoms with E-state index in [1.165, 1.54) is 0 Å². The van der Waals surface area contributed by atoms with Crippen molar-refractivity contribution in [3.05, 3.63) is 0 Å². The molecule has 13 heavy (non-hydrogen) atoms. The molecule has 0 radical (unpaired) electrons. The fraction of sp³-hybridized carbons (Fsp3) is 1.00. The van der Waals surface area contributed by atoms with Gasteiger partial charge in [0.05, 0.1) is 6.54 Å². The predicted molar refractivity (Wildman–Crippen MR) is 52.6 cm³/mol. The Morgan fingerprint density at radius 2 is 1.85 bits per heavy atom. The third kappa shape index (κ3) is 4.77. The fourth-order valence-corrected chi connectivity index (χ4v) is 1.66. The highest BCUT2D eigenvalue weighted by Crippen LogP contribution is 2.26. The monoisotopic (exact) mass is 213 g/mol. The Hall–Kier alpha value is 0.110. The van der Waals surface area contributed by atoms with E-state index in [0.29, 0.717) is 12.4 Å². The average Bonchev–Trinajstić information content (AvgIpc) is 2.13. The van der Waals surface area contributed by atoms with Crippen LogP contribution in [0.15, 0.2) is 0 Å². The van der Waals surface area contributed by atoms with Crippen LogP contribution >= 0.6 is 11.6 Å². The van der Waals surface area contributed by atoms with E-state index in [-0.39, 0.29) is 12.0 Å². The molecule has 0 spiro atoms. The third-order valence-electron chi connectivity index (χ3n) is 2.58. The second-order valence-electron chi connectivity index (χ2n) is 3.36.